The number of rotatable bonds is 8. The van der Waals surface area contributed by atoms with Crippen LogP contribution in [-0.2, 0) is 6.54 Å². The molecule has 0 unspecified atom stereocenters. The van der Waals surface area contributed by atoms with Crippen LogP contribution >= 0.6 is 0 Å². The van der Waals surface area contributed by atoms with Gasteiger partial charge in [0.25, 0.3) is 0 Å². The number of pyridine rings is 1. The predicted molar refractivity (Wildman–Crippen MR) is 100 cm³/mol. The van der Waals surface area contributed by atoms with Crippen molar-refractivity contribution < 1.29 is 4.92 Å². The van der Waals surface area contributed by atoms with E-state index in [1.54, 1.807) is 42.9 Å². The number of nitrogens with one attached hydrogen (secondary N) is 2. The molecule has 134 valence electrons. The topological polar surface area (TPSA) is 124 Å². The van der Waals surface area contributed by atoms with E-state index in [9.17, 15) is 10.1 Å². The molecule has 0 aliphatic heterocycles. The van der Waals surface area contributed by atoms with Crippen LogP contribution < -0.4 is 16.4 Å². The standard InChI is InChI=1S/C17H19N7O2/c18-13-3-1-4-14(11-13)21-17-15(24(25)26)5-6-16(22-17)20-7-2-9-23-10-8-19-12-23/h1,3-6,8,10-12H,2,7,9,18H2,(H2,20,21,22). The first-order chi connectivity index (χ1) is 12.6. The summed E-state index contributed by atoms with van der Waals surface area (Å²) in [6, 6.07) is 10.00. The summed E-state index contributed by atoms with van der Waals surface area (Å²) in [5, 5.41) is 17.4. The second-order valence-electron chi connectivity index (χ2n) is 5.65. The van der Waals surface area contributed by atoms with Crippen molar-refractivity contribution in [3.8, 4) is 0 Å². The van der Waals surface area contributed by atoms with Gasteiger partial charge < -0.3 is 20.9 Å². The normalized spacial score (nSPS) is 10.5. The van der Waals surface area contributed by atoms with E-state index in [4.69, 9.17) is 5.73 Å². The van der Waals surface area contributed by atoms with Crippen LogP contribution in [0.5, 0.6) is 0 Å². The van der Waals surface area contributed by atoms with Gasteiger partial charge in [-0.2, -0.15) is 0 Å². The van der Waals surface area contributed by atoms with Crippen LogP contribution in [0.2, 0.25) is 0 Å². The molecular formula is C17H19N7O2. The highest BCUT2D eigenvalue weighted by atomic mass is 16.6. The van der Waals surface area contributed by atoms with Gasteiger partial charge in [-0.3, -0.25) is 10.1 Å². The first-order valence-electron chi connectivity index (χ1n) is 8.09. The molecule has 0 radical (unpaired) electrons. The van der Waals surface area contributed by atoms with Gasteiger partial charge in [0.1, 0.15) is 5.82 Å². The molecule has 26 heavy (non-hydrogen) atoms. The monoisotopic (exact) mass is 353 g/mol. The summed E-state index contributed by atoms with van der Waals surface area (Å²) in [7, 11) is 0. The Hall–Kier alpha value is -3.62. The van der Waals surface area contributed by atoms with Gasteiger partial charge >= 0.3 is 5.69 Å². The number of nitro groups is 1. The molecule has 1 aromatic carbocycles. The molecule has 0 spiro atoms. The summed E-state index contributed by atoms with van der Waals surface area (Å²) in [5.41, 5.74) is 6.85. The van der Waals surface area contributed by atoms with Gasteiger partial charge in [0.15, 0.2) is 0 Å². The minimum atomic E-state index is -0.468. The molecule has 4 N–H and O–H groups in total. The largest absolute Gasteiger partial charge is 0.399 e. The van der Waals surface area contributed by atoms with E-state index in [0.717, 1.165) is 13.0 Å². The van der Waals surface area contributed by atoms with Crippen LogP contribution in [0, 0.1) is 10.1 Å². The second-order valence-corrected chi connectivity index (χ2v) is 5.65. The molecular weight excluding hydrogens is 334 g/mol. The Kier molecular flexibility index (Phi) is 5.28. The van der Waals surface area contributed by atoms with Crippen molar-refractivity contribution in [3.63, 3.8) is 0 Å². The van der Waals surface area contributed by atoms with E-state index in [1.807, 2.05) is 10.8 Å². The van der Waals surface area contributed by atoms with Crippen LogP contribution in [0.3, 0.4) is 0 Å². The number of nitrogens with zero attached hydrogens (tertiary/aromatic N) is 4. The number of nitrogen functional groups attached to an aromatic ring is 1. The molecule has 0 bridgehead atoms. The Bertz CT molecular complexity index is 881. The third-order valence-electron chi connectivity index (χ3n) is 3.68. The summed E-state index contributed by atoms with van der Waals surface area (Å²) in [5.74, 6) is 0.729. The van der Waals surface area contributed by atoms with Crippen molar-refractivity contribution in [2.45, 2.75) is 13.0 Å². The maximum absolute atomic E-state index is 11.3. The molecule has 0 saturated carbocycles. The lowest BCUT2D eigenvalue weighted by Crippen LogP contribution is -2.08. The minimum Gasteiger partial charge on any atom is -0.399 e. The Morgan fingerprint density at radius 3 is 2.88 bits per heavy atom. The number of aromatic nitrogens is 3. The molecule has 3 aromatic rings. The smallest absolute Gasteiger partial charge is 0.311 e. The zero-order valence-corrected chi connectivity index (χ0v) is 14.0. The molecule has 0 amide bonds. The van der Waals surface area contributed by atoms with E-state index in [-0.39, 0.29) is 11.5 Å². The molecule has 0 atom stereocenters. The number of imidazole rings is 1. The van der Waals surface area contributed by atoms with Gasteiger partial charge in [0.2, 0.25) is 5.82 Å². The van der Waals surface area contributed by atoms with Crippen molar-refractivity contribution in [2.24, 2.45) is 0 Å². The summed E-state index contributed by atoms with van der Waals surface area (Å²) in [6.07, 6.45) is 6.27. The first kappa shape index (κ1) is 17.2. The van der Waals surface area contributed by atoms with Gasteiger partial charge in [-0.05, 0) is 30.7 Å². The summed E-state index contributed by atoms with van der Waals surface area (Å²) in [6.45, 7) is 1.51. The third kappa shape index (κ3) is 4.47. The fraction of sp³-hybridized carbons (Fsp3) is 0.176. The number of hydrogen-bond acceptors (Lipinski definition) is 7. The number of nitrogens with two attached hydrogens (primary N) is 1. The summed E-state index contributed by atoms with van der Waals surface area (Å²) < 4.78 is 1.98. The van der Waals surface area contributed by atoms with Crippen molar-refractivity contribution >= 4 is 28.7 Å². The van der Waals surface area contributed by atoms with Crippen LogP contribution in [0.1, 0.15) is 6.42 Å². The van der Waals surface area contributed by atoms with Gasteiger partial charge in [0, 0.05) is 42.9 Å². The maximum atomic E-state index is 11.3. The van der Waals surface area contributed by atoms with E-state index in [1.165, 1.54) is 6.07 Å². The van der Waals surface area contributed by atoms with Crippen molar-refractivity contribution in [1.82, 2.24) is 14.5 Å². The predicted octanol–water partition coefficient (Wildman–Crippen LogP) is 3.01. The second kappa shape index (κ2) is 7.97. The van der Waals surface area contributed by atoms with E-state index >= 15 is 0 Å². The molecule has 2 aromatic heterocycles. The zero-order chi connectivity index (χ0) is 18.4. The fourth-order valence-electron chi connectivity index (χ4n) is 2.44. The average Bonchev–Trinajstić information content (AvgIpc) is 3.12. The molecule has 9 heteroatoms. The van der Waals surface area contributed by atoms with Gasteiger partial charge in [-0.25, -0.2) is 9.97 Å². The summed E-state index contributed by atoms with van der Waals surface area (Å²) >= 11 is 0. The number of anilines is 4. The molecule has 0 fully saturated rings. The molecule has 3 rings (SSSR count). The number of aryl methyl sites for hydroxylation is 1. The van der Waals surface area contributed by atoms with Crippen LogP contribution in [0.4, 0.5) is 28.7 Å². The van der Waals surface area contributed by atoms with Crippen LogP contribution in [-0.4, -0.2) is 26.0 Å². The third-order valence-corrected chi connectivity index (χ3v) is 3.68. The highest BCUT2D eigenvalue weighted by molar-refractivity contribution is 5.69. The Balaban J connectivity index is 1.68. The SMILES string of the molecule is Nc1cccc(Nc2nc(NCCCn3ccnc3)ccc2[N+](=O)[O-])c1. The quantitative estimate of drug-likeness (QED) is 0.246. The minimum absolute atomic E-state index is 0.101. The van der Waals surface area contributed by atoms with E-state index in [0.29, 0.717) is 23.7 Å². The van der Waals surface area contributed by atoms with Gasteiger partial charge in [0.05, 0.1) is 11.3 Å². The Labute approximate surface area is 150 Å². The lowest BCUT2D eigenvalue weighted by atomic mass is 10.2. The number of benzene rings is 1. The average molecular weight is 353 g/mol. The highest BCUT2D eigenvalue weighted by Gasteiger charge is 2.16. The lowest BCUT2D eigenvalue weighted by molar-refractivity contribution is -0.384. The lowest BCUT2D eigenvalue weighted by Gasteiger charge is -2.10. The van der Waals surface area contributed by atoms with Crippen molar-refractivity contribution in [3.05, 3.63) is 65.2 Å². The first-order valence-corrected chi connectivity index (χ1v) is 8.09. The van der Waals surface area contributed by atoms with Crippen molar-refractivity contribution in [1.29, 1.82) is 0 Å². The Morgan fingerprint density at radius 2 is 2.15 bits per heavy atom. The van der Waals surface area contributed by atoms with Crippen LogP contribution in [0.15, 0.2) is 55.1 Å². The molecule has 0 saturated heterocycles. The zero-order valence-electron chi connectivity index (χ0n) is 14.0. The molecule has 0 aliphatic carbocycles. The van der Waals surface area contributed by atoms with Gasteiger partial charge in [-0.1, -0.05) is 6.07 Å². The number of hydrogen-bond donors (Lipinski definition) is 3. The Morgan fingerprint density at radius 1 is 1.27 bits per heavy atom. The fourth-order valence-corrected chi connectivity index (χ4v) is 2.44. The van der Waals surface area contributed by atoms with Gasteiger partial charge in [-0.15, -0.1) is 0 Å². The highest BCUT2D eigenvalue weighted by Crippen LogP contribution is 2.27. The maximum Gasteiger partial charge on any atom is 0.311 e. The summed E-state index contributed by atoms with van der Waals surface area (Å²) in [4.78, 5) is 19.1. The molecule has 9 nitrogen and oxygen atoms in total. The van der Waals surface area contributed by atoms with E-state index < -0.39 is 4.92 Å². The molecule has 0 aliphatic rings. The van der Waals surface area contributed by atoms with Crippen LogP contribution in [0.25, 0.3) is 0 Å². The van der Waals surface area contributed by atoms with Crippen molar-refractivity contribution in [2.75, 3.05) is 22.9 Å². The van der Waals surface area contributed by atoms with E-state index in [2.05, 4.69) is 20.6 Å². The molecule has 2 heterocycles.